The van der Waals surface area contributed by atoms with Gasteiger partial charge in [-0.15, -0.1) is 0 Å². The maximum Gasteiger partial charge on any atom is 0.406 e. The summed E-state index contributed by atoms with van der Waals surface area (Å²) in [5, 5.41) is 0. The van der Waals surface area contributed by atoms with Crippen LogP contribution < -0.4 is 4.90 Å². The molecule has 0 N–H and O–H groups in total. The van der Waals surface area contributed by atoms with Gasteiger partial charge in [0.05, 0.1) is 0 Å². The minimum atomic E-state index is -4.21. The van der Waals surface area contributed by atoms with Crippen molar-refractivity contribution in [2.75, 3.05) is 11.4 Å². The van der Waals surface area contributed by atoms with Gasteiger partial charge < -0.3 is 4.90 Å². The Morgan fingerprint density at radius 1 is 1.31 bits per heavy atom. The van der Waals surface area contributed by atoms with Gasteiger partial charge in [-0.3, -0.25) is 0 Å². The van der Waals surface area contributed by atoms with E-state index in [4.69, 9.17) is 0 Å². The van der Waals surface area contributed by atoms with Crippen LogP contribution in [0.4, 0.5) is 19.1 Å². The van der Waals surface area contributed by atoms with Gasteiger partial charge in [-0.2, -0.15) is 13.2 Å². The zero-order valence-electron chi connectivity index (χ0n) is 8.21. The Kier molecular flexibility index (Phi) is 3.22. The summed E-state index contributed by atoms with van der Waals surface area (Å²) in [5.74, 6) is 0.167. The van der Waals surface area contributed by atoms with Crippen LogP contribution in [0.5, 0.6) is 0 Å². The molecule has 3 nitrogen and oxygen atoms in total. The smallest absolute Gasteiger partial charge is 0.329 e. The van der Waals surface area contributed by atoms with Gasteiger partial charge in [0, 0.05) is 22.0 Å². The third kappa shape index (κ3) is 3.19. The average molecular weight is 343 g/mol. The molecule has 0 amide bonds. The van der Waals surface area contributed by atoms with Crippen molar-refractivity contribution in [3.63, 3.8) is 0 Å². The topological polar surface area (TPSA) is 29.0 Å². The van der Waals surface area contributed by atoms with E-state index in [0.717, 1.165) is 16.4 Å². The Bertz CT molecular complexity index is 361. The van der Waals surface area contributed by atoms with Crippen LogP contribution in [0.3, 0.4) is 0 Å². The SMILES string of the molecule is FC(F)(F)CN(c1ncc(I)cn1)C1CC1. The Balaban J connectivity index is 2.16. The molecular formula is C9H9F3IN3. The van der Waals surface area contributed by atoms with Crippen LogP contribution in [0.15, 0.2) is 12.4 Å². The van der Waals surface area contributed by atoms with E-state index in [1.165, 1.54) is 17.3 Å². The molecule has 1 aromatic heterocycles. The molecule has 1 heterocycles. The van der Waals surface area contributed by atoms with E-state index in [0.29, 0.717) is 0 Å². The molecule has 0 atom stereocenters. The fraction of sp³-hybridized carbons (Fsp3) is 0.556. The predicted octanol–water partition coefficient (Wildman–Crippen LogP) is 2.61. The van der Waals surface area contributed by atoms with Crippen molar-refractivity contribution in [3.8, 4) is 0 Å². The maximum absolute atomic E-state index is 12.4. The molecular weight excluding hydrogens is 334 g/mol. The first-order valence-electron chi connectivity index (χ1n) is 4.76. The number of hydrogen-bond donors (Lipinski definition) is 0. The first-order chi connectivity index (χ1) is 7.46. The molecule has 2 rings (SSSR count). The summed E-state index contributed by atoms with van der Waals surface area (Å²) < 4.78 is 37.9. The molecule has 0 unspecified atom stereocenters. The summed E-state index contributed by atoms with van der Waals surface area (Å²) in [6, 6.07) is -0.0540. The van der Waals surface area contributed by atoms with E-state index in [-0.39, 0.29) is 12.0 Å². The van der Waals surface area contributed by atoms with Gasteiger partial charge in [0.2, 0.25) is 5.95 Å². The number of halogens is 4. The predicted molar refractivity (Wildman–Crippen MR) is 61.2 cm³/mol. The molecule has 1 fully saturated rings. The molecule has 88 valence electrons. The Labute approximate surface area is 104 Å². The van der Waals surface area contributed by atoms with Gasteiger partial charge in [0.25, 0.3) is 0 Å². The van der Waals surface area contributed by atoms with Crippen molar-refractivity contribution >= 4 is 28.5 Å². The molecule has 0 bridgehead atoms. The van der Waals surface area contributed by atoms with E-state index in [1.807, 2.05) is 22.6 Å². The number of hydrogen-bond acceptors (Lipinski definition) is 3. The van der Waals surface area contributed by atoms with E-state index in [2.05, 4.69) is 9.97 Å². The third-order valence-corrected chi connectivity index (χ3v) is 2.76. The molecule has 1 aromatic rings. The molecule has 1 saturated carbocycles. The molecule has 0 aromatic carbocycles. The summed E-state index contributed by atoms with van der Waals surface area (Å²) in [6.45, 7) is -0.974. The van der Waals surface area contributed by atoms with Crippen molar-refractivity contribution in [3.05, 3.63) is 16.0 Å². The Hall–Kier alpha value is -0.600. The zero-order chi connectivity index (χ0) is 11.8. The van der Waals surface area contributed by atoms with E-state index >= 15 is 0 Å². The van der Waals surface area contributed by atoms with Crippen LogP contribution in [0.1, 0.15) is 12.8 Å². The molecule has 0 saturated heterocycles. The number of anilines is 1. The lowest BCUT2D eigenvalue weighted by Crippen LogP contribution is -2.37. The monoisotopic (exact) mass is 343 g/mol. The lowest BCUT2D eigenvalue weighted by molar-refractivity contribution is -0.120. The molecule has 1 aliphatic carbocycles. The van der Waals surface area contributed by atoms with Gasteiger partial charge in [0.15, 0.2) is 0 Å². The quantitative estimate of drug-likeness (QED) is 0.791. The highest BCUT2D eigenvalue weighted by Crippen LogP contribution is 2.32. The third-order valence-electron chi connectivity index (χ3n) is 2.20. The van der Waals surface area contributed by atoms with Crippen molar-refractivity contribution in [1.82, 2.24) is 9.97 Å². The van der Waals surface area contributed by atoms with Crippen molar-refractivity contribution < 1.29 is 13.2 Å². The van der Waals surface area contributed by atoms with Gasteiger partial charge in [-0.1, -0.05) is 0 Å². The van der Waals surface area contributed by atoms with Gasteiger partial charge in [-0.25, -0.2) is 9.97 Å². The highest BCUT2D eigenvalue weighted by molar-refractivity contribution is 14.1. The van der Waals surface area contributed by atoms with Crippen LogP contribution in [0.2, 0.25) is 0 Å². The van der Waals surface area contributed by atoms with Gasteiger partial charge in [0.1, 0.15) is 6.54 Å². The second-order valence-electron chi connectivity index (χ2n) is 3.68. The van der Waals surface area contributed by atoms with E-state index in [1.54, 1.807) is 0 Å². The first kappa shape index (κ1) is 11.9. The summed E-state index contributed by atoms with van der Waals surface area (Å²) in [6.07, 6.45) is 0.398. The van der Waals surface area contributed by atoms with Crippen LogP contribution in [-0.4, -0.2) is 28.7 Å². The maximum atomic E-state index is 12.4. The highest BCUT2D eigenvalue weighted by Gasteiger charge is 2.39. The lowest BCUT2D eigenvalue weighted by Gasteiger charge is -2.23. The summed E-state index contributed by atoms with van der Waals surface area (Å²) in [5.41, 5.74) is 0. The van der Waals surface area contributed by atoms with Crippen molar-refractivity contribution in [2.24, 2.45) is 0 Å². The fourth-order valence-corrected chi connectivity index (χ4v) is 1.67. The minimum Gasteiger partial charge on any atom is -0.329 e. The van der Waals surface area contributed by atoms with Gasteiger partial charge in [-0.05, 0) is 35.4 Å². The molecule has 1 aliphatic rings. The largest absolute Gasteiger partial charge is 0.406 e. The number of rotatable bonds is 3. The molecule has 0 spiro atoms. The van der Waals surface area contributed by atoms with E-state index < -0.39 is 12.7 Å². The van der Waals surface area contributed by atoms with Gasteiger partial charge >= 0.3 is 6.18 Å². The van der Waals surface area contributed by atoms with Crippen LogP contribution >= 0.6 is 22.6 Å². The first-order valence-corrected chi connectivity index (χ1v) is 5.84. The molecule has 7 heteroatoms. The standard InChI is InChI=1S/C9H9F3IN3/c10-9(11,12)5-16(7-1-2-7)8-14-3-6(13)4-15-8/h3-4,7H,1-2,5H2. The van der Waals surface area contributed by atoms with E-state index in [9.17, 15) is 13.2 Å². The summed E-state index contributed by atoms with van der Waals surface area (Å²) in [7, 11) is 0. The lowest BCUT2D eigenvalue weighted by atomic mass is 10.4. The highest BCUT2D eigenvalue weighted by atomic mass is 127. The Morgan fingerprint density at radius 3 is 2.31 bits per heavy atom. The second-order valence-corrected chi connectivity index (χ2v) is 4.92. The Morgan fingerprint density at radius 2 is 1.88 bits per heavy atom. The molecule has 0 radical (unpaired) electrons. The fourth-order valence-electron chi connectivity index (χ4n) is 1.40. The number of nitrogens with zero attached hydrogens (tertiary/aromatic N) is 3. The summed E-state index contributed by atoms with van der Waals surface area (Å²) >= 11 is 2.02. The molecule has 16 heavy (non-hydrogen) atoms. The molecule has 0 aliphatic heterocycles. The zero-order valence-corrected chi connectivity index (χ0v) is 10.4. The number of alkyl halides is 3. The average Bonchev–Trinajstić information content (AvgIpc) is 2.97. The van der Waals surface area contributed by atoms with Crippen LogP contribution in [0.25, 0.3) is 0 Å². The normalized spacial score (nSPS) is 16.2. The minimum absolute atomic E-state index is 0.0540. The van der Waals surface area contributed by atoms with Crippen LogP contribution in [-0.2, 0) is 0 Å². The van der Waals surface area contributed by atoms with Crippen molar-refractivity contribution in [1.29, 1.82) is 0 Å². The second kappa shape index (κ2) is 4.34. The van der Waals surface area contributed by atoms with Crippen LogP contribution in [0, 0.1) is 3.57 Å². The van der Waals surface area contributed by atoms with Crippen molar-refractivity contribution in [2.45, 2.75) is 25.1 Å². The number of aromatic nitrogens is 2. The summed E-state index contributed by atoms with van der Waals surface area (Å²) in [4.78, 5) is 9.09.